The fourth-order valence-electron chi connectivity index (χ4n) is 5.93. The lowest BCUT2D eigenvalue weighted by Crippen LogP contribution is -2.11. The Bertz CT molecular complexity index is 2100. The molecule has 41 heavy (non-hydrogen) atoms. The van der Waals surface area contributed by atoms with Crippen LogP contribution in [-0.4, -0.2) is 15.2 Å². The van der Waals surface area contributed by atoms with Gasteiger partial charge < -0.3 is 4.98 Å². The summed E-state index contributed by atoms with van der Waals surface area (Å²) in [6.07, 6.45) is 0. The molecule has 0 amide bonds. The molecule has 0 aliphatic rings. The predicted molar refractivity (Wildman–Crippen MR) is 175 cm³/mol. The Kier molecular flexibility index (Phi) is 5.59. The van der Waals surface area contributed by atoms with Crippen molar-refractivity contribution in [1.82, 2.24) is 15.2 Å². The van der Waals surface area contributed by atoms with Crippen molar-refractivity contribution in [2.75, 3.05) is 0 Å². The summed E-state index contributed by atoms with van der Waals surface area (Å²) in [4.78, 5) is 3.78. The molecule has 3 heteroatoms. The highest BCUT2D eigenvalue weighted by atomic mass is 15.1. The molecule has 0 radical (unpaired) electrons. The average Bonchev–Trinajstić information content (AvgIpc) is 3.33. The first-order valence-electron chi connectivity index (χ1n) is 14.4. The van der Waals surface area contributed by atoms with E-state index in [9.17, 15) is 0 Å². The van der Waals surface area contributed by atoms with Gasteiger partial charge in [0.15, 0.2) is 0 Å². The smallest absolute Gasteiger partial charge is 0.103 e. The van der Waals surface area contributed by atoms with Gasteiger partial charge >= 0.3 is 0 Å². The predicted octanol–water partition coefficient (Wildman–Crippen LogP) is 10.3. The molecule has 0 fully saturated rings. The normalized spacial score (nSPS) is 12.6. The first-order chi connectivity index (χ1) is 19.6. The summed E-state index contributed by atoms with van der Waals surface area (Å²) in [6.45, 7) is 13.7. The number of nitrogens with one attached hydrogen (secondary N) is 1. The fraction of sp³-hybridized carbons (Fsp3) is 0.211. The van der Waals surface area contributed by atoms with Crippen LogP contribution >= 0.6 is 0 Å². The second kappa shape index (κ2) is 9.01. The van der Waals surface area contributed by atoms with Crippen LogP contribution in [0.15, 0.2) is 97.1 Å². The fourth-order valence-corrected chi connectivity index (χ4v) is 5.93. The van der Waals surface area contributed by atoms with Gasteiger partial charge in [-0.3, -0.25) is 0 Å². The molecule has 0 saturated heterocycles. The number of benzene rings is 5. The van der Waals surface area contributed by atoms with Gasteiger partial charge in [-0.1, -0.05) is 102 Å². The third-order valence-corrected chi connectivity index (χ3v) is 8.39. The molecule has 7 rings (SSSR count). The highest BCUT2D eigenvalue weighted by molar-refractivity contribution is 6.16. The minimum absolute atomic E-state index is 0.0337. The number of nitrogens with zero attached hydrogens (tertiary/aromatic N) is 2. The number of hydrogen-bond donors (Lipinski definition) is 1. The van der Waals surface area contributed by atoms with Gasteiger partial charge in [0.05, 0.1) is 5.52 Å². The van der Waals surface area contributed by atoms with E-state index in [1.165, 1.54) is 32.7 Å². The van der Waals surface area contributed by atoms with Crippen LogP contribution in [0.5, 0.6) is 0 Å². The molecule has 0 atom stereocenters. The van der Waals surface area contributed by atoms with Crippen molar-refractivity contribution in [2.24, 2.45) is 0 Å². The molecule has 2 aromatic heterocycles. The monoisotopic (exact) mass is 533 g/mol. The van der Waals surface area contributed by atoms with Gasteiger partial charge in [0.1, 0.15) is 11.4 Å². The molecule has 3 nitrogen and oxygen atoms in total. The minimum Gasteiger partial charge on any atom is -0.354 e. The van der Waals surface area contributed by atoms with Crippen molar-refractivity contribution in [1.29, 1.82) is 0 Å². The van der Waals surface area contributed by atoms with Gasteiger partial charge in [-0.15, -0.1) is 10.2 Å². The van der Waals surface area contributed by atoms with Crippen LogP contribution in [0.2, 0.25) is 0 Å². The Morgan fingerprint density at radius 3 is 1.76 bits per heavy atom. The van der Waals surface area contributed by atoms with Crippen molar-refractivity contribution in [2.45, 2.75) is 52.4 Å². The van der Waals surface area contributed by atoms with Crippen molar-refractivity contribution in [3.8, 4) is 22.5 Å². The molecule has 5 aromatic carbocycles. The molecule has 7 aromatic rings. The molecule has 0 aliphatic heterocycles. The summed E-state index contributed by atoms with van der Waals surface area (Å²) in [5.41, 5.74) is 8.87. The Morgan fingerprint density at radius 1 is 0.512 bits per heavy atom. The third-order valence-electron chi connectivity index (χ3n) is 8.39. The van der Waals surface area contributed by atoms with E-state index in [0.717, 1.165) is 44.3 Å². The zero-order valence-electron chi connectivity index (χ0n) is 24.6. The zero-order valence-corrected chi connectivity index (χ0v) is 24.6. The summed E-state index contributed by atoms with van der Waals surface area (Å²) in [5, 5.41) is 17.0. The number of hydrogen-bond acceptors (Lipinski definition) is 2. The maximum absolute atomic E-state index is 4.99. The Hall–Kier alpha value is -4.50. The number of aromatic amines is 1. The van der Waals surface area contributed by atoms with Crippen LogP contribution in [0.1, 0.15) is 52.7 Å². The number of aromatic nitrogens is 3. The van der Waals surface area contributed by atoms with E-state index in [4.69, 9.17) is 10.2 Å². The molecule has 0 aliphatic carbocycles. The van der Waals surface area contributed by atoms with E-state index in [1.54, 1.807) is 0 Å². The maximum atomic E-state index is 4.99. The van der Waals surface area contributed by atoms with Crippen molar-refractivity contribution in [3.63, 3.8) is 0 Å². The lowest BCUT2D eigenvalue weighted by Gasteiger charge is -2.21. The highest BCUT2D eigenvalue weighted by Crippen LogP contribution is 2.42. The van der Waals surface area contributed by atoms with Crippen LogP contribution in [0.4, 0.5) is 0 Å². The first kappa shape index (κ1) is 25.5. The zero-order chi connectivity index (χ0) is 28.5. The molecule has 2 heterocycles. The van der Waals surface area contributed by atoms with Crippen LogP contribution in [0, 0.1) is 0 Å². The molecule has 0 spiro atoms. The van der Waals surface area contributed by atoms with Gasteiger partial charge in [-0.05, 0) is 69.1 Å². The summed E-state index contributed by atoms with van der Waals surface area (Å²) in [7, 11) is 0. The summed E-state index contributed by atoms with van der Waals surface area (Å²) in [5.74, 6) is 0. The molecule has 0 unspecified atom stereocenters. The maximum Gasteiger partial charge on any atom is 0.103 e. The van der Waals surface area contributed by atoms with E-state index >= 15 is 0 Å². The van der Waals surface area contributed by atoms with Crippen LogP contribution in [0.25, 0.3) is 65.9 Å². The van der Waals surface area contributed by atoms with Gasteiger partial charge in [0, 0.05) is 38.2 Å². The SMILES string of the molecule is CC(C)(C)c1ccc2[nH]c3c(-c4nnc(-c5ccccc5)c5cc6ccccc6cc45)cc(C(C)(C)C)cc3c2c1. The Balaban J connectivity index is 1.60. The lowest BCUT2D eigenvalue weighted by molar-refractivity contribution is 0.590. The average molecular weight is 534 g/mol. The van der Waals surface area contributed by atoms with Crippen LogP contribution in [0.3, 0.4) is 0 Å². The highest BCUT2D eigenvalue weighted by Gasteiger charge is 2.23. The van der Waals surface area contributed by atoms with E-state index < -0.39 is 0 Å². The van der Waals surface area contributed by atoms with Crippen molar-refractivity contribution < 1.29 is 0 Å². The Morgan fingerprint density at radius 2 is 1.10 bits per heavy atom. The van der Waals surface area contributed by atoms with E-state index in [-0.39, 0.29) is 10.8 Å². The number of rotatable bonds is 2. The van der Waals surface area contributed by atoms with E-state index in [0.29, 0.717) is 0 Å². The molecular weight excluding hydrogens is 498 g/mol. The molecular formula is C38H35N3. The number of H-pyrrole nitrogens is 1. The summed E-state index contributed by atoms with van der Waals surface area (Å²) >= 11 is 0. The van der Waals surface area contributed by atoms with E-state index in [2.05, 4.69) is 138 Å². The van der Waals surface area contributed by atoms with Gasteiger partial charge in [-0.25, -0.2) is 0 Å². The first-order valence-corrected chi connectivity index (χ1v) is 14.4. The van der Waals surface area contributed by atoms with Crippen LogP contribution in [-0.2, 0) is 10.8 Å². The van der Waals surface area contributed by atoms with Crippen molar-refractivity contribution in [3.05, 3.63) is 108 Å². The topological polar surface area (TPSA) is 41.6 Å². The molecule has 202 valence electrons. The summed E-state index contributed by atoms with van der Waals surface area (Å²) in [6, 6.07) is 35.0. The Labute approximate surface area is 241 Å². The number of fused-ring (bicyclic) bond motifs is 5. The summed E-state index contributed by atoms with van der Waals surface area (Å²) < 4.78 is 0. The molecule has 0 bridgehead atoms. The van der Waals surface area contributed by atoms with Gasteiger partial charge in [0.25, 0.3) is 0 Å². The second-order valence-corrected chi connectivity index (χ2v) is 13.3. The standard InChI is InChI=1S/C38H35N3/c1-37(2,3)26-16-17-33-28(20-26)31-21-27(38(4,5)6)22-32(35(31)39-33)36-30-19-25-15-11-10-14-24(25)18-29(30)34(40-41-36)23-12-8-7-9-13-23/h7-22,39H,1-6H3. The van der Waals surface area contributed by atoms with Gasteiger partial charge in [-0.2, -0.15) is 0 Å². The quantitative estimate of drug-likeness (QED) is 0.225. The molecule has 0 saturated carbocycles. The minimum atomic E-state index is -0.0337. The van der Waals surface area contributed by atoms with Crippen LogP contribution < -0.4 is 0 Å². The van der Waals surface area contributed by atoms with Gasteiger partial charge in [0.2, 0.25) is 0 Å². The van der Waals surface area contributed by atoms with E-state index in [1.807, 2.05) is 6.07 Å². The third kappa shape index (κ3) is 4.28. The largest absolute Gasteiger partial charge is 0.354 e. The van der Waals surface area contributed by atoms with Crippen molar-refractivity contribution >= 4 is 43.4 Å². The second-order valence-electron chi connectivity index (χ2n) is 13.3. The lowest BCUT2D eigenvalue weighted by atomic mass is 9.83. The molecule has 1 N–H and O–H groups in total.